The molecule has 0 aliphatic carbocycles. The number of nitrogens with one attached hydrogen (secondary N) is 3. The summed E-state index contributed by atoms with van der Waals surface area (Å²) in [4.78, 5) is 27.7. The van der Waals surface area contributed by atoms with E-state index in [1.807, 2.05) is 12.3 Å². The molecule has 32 heavy (non-hydrogen) atoms. The van der Waals surface area contributed by atoms with Crippen LogP contribution in [0.5, 0.6) is 0 Å². The summed E-state index contributed by atoms with van der Waals surface area (Å²) in [7, 11) is 0. The summed E-state index contributed by atoms with van der Waals surface area (Å²) in [5.41, 5.74) is 8.99. The zero-order valence-electron chi connectivity index (χ0n) is 18.1. The van der Waals surface area contributed by atoms with Gasteiger partial charge in [-0.25, -0.2) is 19.9 Å². The number of anilines is 3. The van der Waals surface area contributed by atoms with Gasteiger partial charge >= 0.3 is 0 Å². The Kier molecular flexibility index (Phi) is 5.28. The van der Waals surface area contributed by atoms with Crippen molar-refractivity contribution >= 4 is 28.5 Å². The predicted octanol–water partition coefficient (Wildman–Crippen LogP) is 2.19. The van der Waals surface area contributed by atoms with E-state index in [2.05, 4.69) is 66.4 Å². The van der Waals surface area contributed by atoms with Gasteiger partial charge in [0.2, 0.25) is 0 Å². The maximum atomic E-state index is 5.83. The highest BCUT2D eigenvalue weighted by molar-refractivity contribution is 6.00. The van der Waals surface area contributed by atoms with Crippen LogP contribution >= 0.6 is 0 Å². The fourth-order valence-electron chi connectivity index (χ4n) is 4.24. The minimum absolute atomic E-state index is 0.362. The second kappa shape index (κ2) is 8.39. The van der Waals surface area contributed by atoms with Crippen LogP contribution in [0.1, 0.15) is 19.5 Å². The van der Waals surface area contributed by atoms with E-state index in [1.54, 1.807) is 6.20 Å². The average Bonchev–Trinajstić information content (AvgIpc) is 3.22. The lowest BCUT2D eigenvalue weighted by molar-refractivity contribution is 0.405. The van der Waals surface area contributed by atoms with Crippen molar-refractivity contribution in [3.8, 4) is 11.3 Å². The Balaban J connectivity index is 1.40. The van der Waals surface area contributed by atoms with Gasteiger partial charge in [0.1, 0.15) is 29.4 Å². The third-order valence-electron chi connectivity index (χ3n) is 5.51. The largest absolute Gasteiger partial charge is 0.382 e. The third kappa shape index (κ3) is 4.04. The molecule has 1 fully saturated rings. The number of nitrogens with two attached hydrogens (primary N) is 1. The van der Waals surface area contributed by atoms with Crippen LogP contribution in [0.25, 0.3) is 22.3 Å². The second-order valence-electron chi connectivity index (χ2n) is 8.19. The van der Waals surface area contributed by atoms with Crippen LogP contribution in [0.3, 0.4) is 0 Å². The molecule has 2 atom stereocenters. The van der Waals surface area contributed by atoms with E-state index in [1.165, 1.54) is 12.5 Å². The van der Waals surface area contributed by atoms with Gasteiger partial charge in [-0.05, 0) is 26.0 Å². The highest BCUT2D eigenvalue weighted by atomic mass is 15.3. The van der Waals surface area contributed by atoms with E-state index >= 15 is 0 Å². The molecule has 5 heterocycles. The molecule has 1 aliphatic rings. The molecule has 1 saturated heterocycles. The highest BCUT2D eigenvalue weighted by Crippen LogP contribution is 2.31. The first kappa shape index (κ1) is 20.1. The maximum absolute atomic E-state index is 5.83. The molecule has 164 valence electrons. The normalized spacial score (nSPS) is 18.8. The van der Waals surface area contributed by atoms with Crippen LogP contribution in [0, 0.1) is 0 Å². The van der Waals surface area contributed by atoms with Crippen molar-refractivity contribution in [2.75, 3.05) is 29.0 Å². The monoisotopic (exact) mass is 430 g/mol. The molecule has 0 unspecified atom stereocenters. The van der Waals surface area contributed by atoms with Crippen molar-refractivity contribution in [2.24, 2.45) is 0 Å². The number of pyridine rings is 1. The number of piperazine rings is 1. The first-order valence-electron chi connectivity index (χ1n) is 10.7. The first-order valence-corrected chi connectivity index (χ1v) is 10.7. The number of nitrogen functional groups attached to an aromatic ring is 1. The van der Waals surface area contributed by atoms with Crippen LogP contribution in [-0.2, 0) is 6.54 Å². The maximum Gasteiger partial charge on any atom is 0.143 e. The predicted molar refractivity (Wildman–Crippen MR) is 125 cm³/mol. The van der Waals surface area contributed by atoms with Crippen molar-refractivity contribution in [3.63, 3.8) is 0 Å². The van der Waals surface area contributed by atoms with Crippen LogP contribution in [0.4, 0.5) is 17.5 Å². The van der Waals surface area contributed by atoms with E-state index in [-0.39, 0.29) is 0 Å². The van der Waals surface area contributed by atoms with Crippen molar-refractivity contribution in [1.29, 1.82) is 0 Å². The van der Waals surface area contributed by atoms with Gasteiger partial charge in [0.15, 0.2) is 0 Å². The zero-order chi connectivity index (χ0) is 22.1. The molecule has 0 spiro atoms. The number of nitrogens with zero attached hydrogens (tertiary/aromatic N) is 6. The number of rotatable bonds is 5. The Morgan fingerprint density at radius 2 is 1.97 bits per heavy atom. The van der Waals surface area contributed by atoms with Gasteiger partial charge in [0.25, 0.3) is 0 Å². The lowest BCUT2D eigenvalue weighted by Gasteiger charge is -2.37. The summed E-state index contributed by atoms with van der Waals surface area (Å²) in [5.74, 6) is 2.06. The smallest absolute Gasteiger partial charge is 0.143 e. The fraction of sp³-hybridized carbons (Fsp3) is 0.318. The third-order valence-corrected chi connectivity index (χ3v) is 5.51. The topological polar surface area (TPSA) is 134 Å². The standard InChI is InChI=1S/C22H26N10/c1-13-10-32(11-14(2)29-13)19-5-3-4-15(30-19)6-25-21-20-16(7-26-22(20)28-12-27-21)17-8-24-9-18(23)31-17/h3-5,7-9,12-14,29H,6,10-11H2,1-2H3,(H2,23,31)(H2,25,26,27,28)/t13-,14+. The molecule has 0 aromatic carbocycles. The van der Waals surface area contributed by atoms with E-state index in [4.69, 9.17) is 10.7 Å². The number of aromatic amines is 1. The lowest BCUT2D eigenvalue weighted by Crippen LogP contribution is -2.54. The Bertz CT molecular complexity index is 1230. The van der Waals surface area contributed by atoms with Crippen molar-refractivity contribution < 1.29 is 0 Å². The van der Waals surface area contributed by atoms with Gasteiger partial charge < -0.3 is 26.3 Å². The van der Waals surface area contributed by atoms with E-state index in [9.17, 15) is 0 Å². The van der Waals surface area contributed by atoms with Gasteiger partial charge in [-0.2, -0.15) is 0 Å². The molecule has 10 nitrogen and oxygen atoms in total. The summed E-state index contributed by atoms with van der Waals surface area (Å²) in [6, 6.07) is 7.00. The van der Waals surface area contributed by atoms with E-state index < -0.39 is 0 Å². The van der Waals surface area contributed by atoms with Gasteiger partial charge in [0, 0.05) is 36.9 Å². The summed E-state index contributed by atoms with van der Waals surface area (Å²) in [6.45, 7) is 6.81. The van der Waals surface area contributed by atoms with Crippen molar-refractivity contribution in [1.82, 2.24) is 35.2 Å². The number of fused-ring (bicyclic) bond motifs is 1. The van der Waals surface area contributed by atoms with E-state index in [0.29, 0.717) is 41.6 Å². The summed E-state index contributed by atoms with van der Waals surface area (Å²) >= 11 is 0. The number of hydrogen-bond donors (Lipinski definition) is 4. The molecule has 0 radical (unpaired) electrons. The Hall–Kier alpha value is -3.79. The van der Waals surface area contributed by atoms with Crippen molar-refractivity contribution in [3.05, 3.63) is 48.8 Å². The zero-order valence-corrected chi connectivity index (χ0v) is 18.1. The van der Waals surface area contributed by atoms with Crippen LogP contribution in [-0.4, -0.2) is 55.1 Å². The minimum atomic E-state index is 0.362. The first-order chi connectivity index (χ1) is 15.6. The molecule has 0 saturated carbocycles. The summed E-state index contributed by atoms with van der Waals surface area (Å²) in [6.07, 6.45) is 6.58. The fourth-order valence-corrected chi connectivity index (χ4v) is 4.24. The highest BCUT2D eigenvalue weighted by Gasteiger charge is 2.22. The van der Waals surface area contributed by atoms with Crippen molar-refractivity contribution in [2.45, 2.75) is 32.5 Å². The Morgan fingerprint density at radius 1 is 1.12 bits per heavy atom. The number of aromatic nitrogens is 6. The van der Waals surface area contributed by atoms with Crippen LogP contribution in [0.2, 0.25) is 0 Å². The Labute approximate surface area is 185 Å². The van der Waals surface area contributed by atoms with Gasteiger partial charge in [-0.15, -0.1) is 0 Å². The summed E-state index contributed by atoms with van der Waals surface area (Å²) < 4.78 is 0. The molecule has 0 bridgehead atoms. The molecule has 4 aromatic heterocycles. The molecule has 5 rings (SSSR count). The summed E-state index contributed by atoms with van der Waals surface area (Å²) in [5, 5.41) is 7.82. The number of hydrogen-bond acceptors (Lipinski definition) is 9. The minimum Gasteiger partial charge on any atom is -0.382 e. The molecule has 0 amide bonds. The quantitative estimate of drug-likeness (QED) is 0.376. The molecule has 4 aromatic rings. The average molecular weight is 431 g/mol. The molecular weight excluding hydrogens is 404 g/mol. The Morgan fingerprint density at radius 3 is 2.78 bits per heavy atom. The molecule has 1 aliphatic heterocycles. The van der Waals surface area contributed by atoms with Crippen LogP contribution < -0.4 is 21.3 Å². The SMILES string of the molecule is C[C@@H]1CN(c2cccc(CNc3ncnc4[nH]cc(-c5cncc(N)n5)c34)n2)C[C@H](C)N1. The molecule has 10 heteroatoms. The van der Waals surface area contributed by atoms with Gasteiger partial charge in [-0.1, -0.05) is 6.07 Å². The lowest BCUT2D eigenvalue weighted by atomic mass is 10.1. The number of H-pyrrole nitrogens is 1. The van der Waals surface area contributed by atoms with Crippen LogP contribution in [0.15, 0.2) is 43.1 Å². The second-order valence-corrected chi connectivity index (χ2v) is 8.19. The van der Waals surface area contributed by atoms with E-state index in [0.717, 1.165) is 35.6 Å². The molecule has 5 N–H and O–H groups in total. The van der Waals surface area contributed by atoms with Gasteiger partial charge in [0.05, 0.1) is 35.7 Å². The van der Waals surface area contributed by atoms with Gasteiger partial charge in [-0.3, -0.25) is 4.98 Å². The molecular formula is C22H26N10.